The van der Waals surface area contributed by atoms with E-state index in [-0.39, 0.29) is 0 Å². The third-order valence-corrected chi connectivity index (χ3v) is 4.84. The maximum absolute atomic E-state index is 5.68. The number of benzene rings is 1. The minimum Gasteiger partial charge on any atom is -0.486 e. The number of nitrogens with one attached hydrogen (secondary N) is 1. The molecular formula is C17H23NO2S. The number of thioether (sulfide) groups is 1. The predicted octanol–water partition coefficient (Wildman–Crippen LogP) is 3.77. The van der Waals surface area contributed by atoms with Crippen molar-refractivity contribution in [2.45, 2.75) is 37.1 Å². The summed E-state index contributed by atoms with van der Waals surface area (Å²) in [4.78, 5) is 1.27. The van der Waals surface area contributed by atoms with Crippen LogP contribution in [0, 0.1) is 0 Å². The van der Waals surface area contributed by atoms with Crippen LogP contribution in [0.1, 0.15) is 31.2 Å². The van der Waals surface area contributed by atoms with Gasteiger partial charge in [0.15, 0.2) is 11.5 Å². The van der Waals surface area contributed by atoms with Crippen molar-refractivity contribution in [3.8, 4) is 11.5 Å². The lowest BCUT2D eigenvalue weighted by Gasteiger charge is -2.21. The van der Waals surface area contributed by atoms with Crippen LogP contribution in [0.2, 0.25) is 0 Å². The Morgan fingerprint density at radius 1 is 1.19 bits per heavy atom. The maximum Gasteiger partial charge on any atom is 0.162 e. The smallest absolute Gasteiger partial charge is 0.162 e. The Hall–Kier alpha value is -1.13. The average Bonchev–Trinajstić information content (AvgIpc) is 3.04. The second kappa shape index (κ2) is 7.23. The van der Waals surface area contributed by atoms with E-state index in [1.54, 1.807) is 17.3 Å². The number of rotatable bonds is 6. The van der Waals surface area contributed by atoms with E-state index < -0.39 is 0 Å². The van der Waals surface area contributed by atoms with E-state index in [0.29, 0.717) is 13.2 Å². The fourth-order valence-corrected chi connectivity index (χ4v) is 3.50. The molecule has 0 spiro atoms. The van der Waals surface area contributed by atoms with Gasteiger partial charge in [0.2, 0.25) is 0 Å². The summed E-state index contributed by atoms with van der Waals surface area (Å²) >= 11 is 1.76. The molecule has 0 aromatic heterocycles. The molecule has 21 heavy (non-hydrogen) atoms. The molecule has 0 unspecified atom stereocenters. The van der Waals surface area contributed by atoms with Gasteiger partial charge in [0.05, 0.1) is 0 Å². The summed E-state index contributed by atoms with van der Waals surface area (Å²) in [6.07, 6.45) is 9.60. The monoisotopic (exact) mass is 305 g/mol. The second-order valence-electron chi connectivity index (χ2n) is 5.49. The molecule has 1 aliphatic heterocycles. The van der Waals surface area contributed by atoms with Crippen molar-refractivity contribution in [3.63, 3.8) is 0 Å². The van der Waals surface area contributed by atoms with Gasteiger partial charge in [-0.3, -0.25) is 0 Å². The summed E-state index contributed by atoms with van der Waals surface area (Å²) in [7, 11) is 0. The fraction of sp³-hybridized carbons (Fsp3) is 0.529. The van der Waals surface area contributed by atoms with Crippen molar-refractivity contribution in [2.24, 2.45) is 0 Å². The van der Waals surface area contributed by atoms with Gasteiger partial charge < -0.3 is 14.8 Å². The highest BCUT2D eigenvalue weighted by Gasteiger charge is 2.15. The van der Waals surface area contributed by atoms with E-state index >= 15 is 0 Å². The van der Waals surface area contributed by atoms with Gasteiger partial charge in [-0.25, -0.2) is 0 Å². The van der Waals surface area contributed by atoms with E-state index in [1.165, 1.54) is 36.1 Å². The van der Waals surface area contributed by atoms with Crippen LogP contribution in [-0.2, 0) is 6.54 Å². The van der Waals surface area contributed by atoms with Crippen molar-refractivity contribution in [1.82, 2.24) is 5.32 Å². The lowest BCUT2D eigenvalue weighted by molar-refractivity contribution is 0.171. The van der Waals surface area contributed by atoms with E-state index in [0.717, 1.165) is 24.6 Å². The summed E-state index contributed by atoms with van der Waals surface area (Å²) in [6.45, 7) is 3.23. The lowest BCUT2D eigenvalue weighted by atomic mass is 10.1. The van der Waals surface area contributed by atoms with Gasteiger partial charge in [-0.05, 0) is 56.2 Å². The Kier molecular flexibility index (Phi) is 5.09. The van der Waals surface area contributed by atoms with Gasteiger partial charge in [-0.1, -0.05) is 11.6 Å². The number of allylic oxidation sites excluding steroid dienone is 1. The molecule has 0 bridgehead atoms. The molecule has 0 radical (unpaired) electrons. The van der Waals surface area contributed by atoms with Gasteiger partial charge in [0, 0.05) is 11.4 Å². The molecule has 4 heteroatoms. The molecule has 3 rings (SSSR count). The third-order valence-electron chi connectivity index (χ3n) is 4.02. The van der Waals surface area contributed by atoms with Crippen LogP contribution in [0.5, 0.6) is 11.5 Å². The van der Waals surface area contributed by atoms with E-state index in [2.05, 4.69) is 29.8 Å². The minimum atomic E-state index is 0.645. The largest absolute Gasteiger partial charge is 0.486 e. The Morgan fingerprint density at radius 3 is 2.71 bits per heavy atom. The first-order valence-electron chi connectivity index (χ1n) is 7.72. The summed E-state index contributed by atoms with van der Waals surface area (Å²) in [5.74, 6) is 1.76. The summed E-state index contributed by atoms with van der Waals surface area (Å²) in [5.41, 5.74) is 2.92. The zero-order valence-electron chi connectivity index (χ0n) is 12.6. The lowest BCUT2D eigenvalue weighted by Crippen LogP contribution is -2.18. The Labute approximate surface area is 131 Å². The Morgan fingerprint density at radius 2 is 2.00 bits per heavy atom. The molecule has 0 saturated heterocycles. The quantitative estimate of drug-likeness (QED) is 0.492. The molecule has 0 fully saturated rings. The van der Waals surface area contributed by atoms with Crippen molar-refractivity contribution in [2.75, 3.05) is 26.0 Å². The first-order valence-corrected chi connectivity index (χ1v) is 8.94. The molecular weight excluding hydrogens is 282 g/mol. The Balaban J connectivity index is 1.58. The van der Waals surface area contributed by atoms with E-state index in [9.17, 15) is 0 Å². The van der Waals surface area contributed by atoms with Crippen LogP contribution >= 0.6 is 11.8 Å². The highest BCUT2D eigenvalue weighted by molar-refractivity contribution is 7.98. The van der Waals surface area contributed by atoms with E-state index in [4.69, 9.17) is 9.47 Å². The number of ether oxygens (including phenoxy) is 2. The second-order valence-corrected chi connectivity index (χ2v) is 6.34. The van der Waals surface area contributed by atoms with Gasteiger partial charge in [0.25, 0.3) is 0 Å². The highest BCUT2D eigenvalue weighted by Crippen LogP contribution is 2.36. The van der Waals surface area contributed by atoms with E-state index in [1.807, 2.05) is 0 Å². The van der Waals surface area contributed by atoms with Crippen LogP contribution in [0.3, 0.4) is 0 Å². The molecule has 1 aromatic carbocycles. The number of hydrogen-bond donors (Lipinski definition) is 1. The Bertz CT molecular complexity index is 528. The molecule has 0 saturated carbocycles. The first kappa shape index (κ1) is 14.8. The van der Waals surface area contributed by atoms with Crippen molar-refractivity contribution >= 4 is 11.8 Å². The fourth-order valence-electron chi connectivity index (χ4n) is 2.88. The standard InChI is InChI=1S/C17H23NO2S/c1-21-17-11-16-15(19-8-9-20-16)10-14(17)12-18-7-6-13-4-2-3-5-13/h4,10-11,18H,2-3,5-9,12H2,1H3. The van der Waals surface area contributed by atoms with Gasteiger partial charge >= 0.3 is 0 Å². The summed E-state index contributed by atoms with van der Waals surface area (Å²) in [5, 5.41) is 3.56. The molecule has 1 aromatic rings. The van der Waals surface area contributed by atoms with Crippen LogP contribution in [0.15, 0.2) is 28.7 Å². The molecule has 3 nitrogen and oxygen atoms in total. The molecule has 0 amide bonds. The predicted molar refractivity (Wildman–Crippen MR) is 87.5 cm³/mol. The topological polar surface area (TPSA) is 30.5 Å². The summed E-state index contributed by atoms with van der Waals surface area (Å²) in [6, 6.07) is 4.23. The number of hydrogen-bond acceptors (Lipinski definition) is 4. The first-order chi connectivity index (χ1) is 10.4. The van der Waals surface area contributed by atoms with Gasteiger partial charge in [0.1, 0.15) is 13.2 Å². The zero-order valence-corrected chi connectivity index (χ0v) is 13.4. The third kappa shape index (κ3) is 3.74. The van der Waals surface area contributed by atoms with Crippen molar-refractivity contribution < 1.29 is 9.47 Å². The van der Waals surface area contributed by atoms with Crippen molar-refractivity contribution in [3.05, 3.63) is 29.3 Å². The average molecular weight is 305 g/mol. The van der Waals surface area contributed by atoms with Crippen LogP contribution in [0.4, 0.5) is 0 Å². The molecule has 114 valence electrons. The van der Waals surface area contributed by atoms with Gasteiger partial charge in [-0.2, -0.15) is 0 Å². The molecule has 1 aliphatic carbocycles. The normalized spacial score (nSPS) is 16.9. The van der Waals surface area contributed by atoms with Crippen LogP contribution < -0.4 is 14.8 Å². The SMILES string of the molecule is CSc1cc2c(cc1CNCCC1=CCCC1)OCCO2. The number of fused-ring (bicyclic) bond motifs is 1. The van der Waals surface area contributed by atoms with Crippen LogP contribution in [0.25, 0.3) is 0 Å². The molecule has 2 aliphatic rings. The van der Waals surface area contributed by atoms with Gasteiger partial charge in [-0.15, -0.1) is 11.8 Å². The summed E-state index contributed by atoms with van der Waals surface area (Å²) < 4.78 is 11.3. The molecule has 0 atom stereocenters. The zero-order chi connectivity index (χ0) is 14.5. The minimum absolute atomic E-state index is 0.645. The van der Waals surface area contributed by atoms with Crippen molar-refractivity contribution in [1.29, 1.82) is 0 Å². The maximum atomic E-state index is 5.68. The highest BCUT2D eigenvalue weighted by atomic mass is 32.2. The van der Waals surface area contributed by atoms with Crippen LogP contribution in [-0.4, -0.2) is 26.0 Å². The molecule has 1 N–H and O–H groups in total. The molecule has 1 heterocycles.